The molecule has 0 N–H and O–H groups in total. The maximum atomic E-state index is 4.68. The summed E-state index contributed by atoms with van der Waals surface area (Å²) in [6.45, 7) is 11.3. The van der Waals surface area contributed by atoms with Crippen molar-refractivity contribution in [2.75, 3.05) is 4.90 Å². The van der Waals surface area contributed by atoms with Crippen molar-refractivity contribution < 1.29 is 0 Å². The Labute approximate surface area is 110 Å². The molecule has 0 amide bonds. The van der Waals surface area contributed by atoms with Crippen molar-refractivity contribution in [3.8, 4) is 0 Å². The second kappa shape index (κ2) is 3.72. The first-order valence-corrected chi connectivity index (χ1v) is 7.15. The molecule has 18 heavy (non-hydrogen) atoms. The number of hydrogen-bond acceptors (Lipinski definition) is 2. The molecule has 1 aromatic heterocycles. The fraction of sp³-hybridized carbons (Fsp3) is 0.688. The summed E-state index contributed by atoms with van der Waals surface area (Å²) in [4.78, 5) is 7.35. The van der Waals surface area contributed by atoms with Gasteiger partial charge < -0.3 is 4.90 Å². The van der Waals surface area contributed by atoms with E-state index in [-0.39, 0.29) is 0 Å². The number of piperidine rings is 1. The number of fused-ring (bicyclic) bond motifs is 2. The Morgan fingerprint density at radius 3 is 2.61 bits per heavy atom. The molecule has 2 unspecified atom stereocenters. The van der Waals surface area contributed by atoms with Crippen molar-refractivity contribution in [2.24, 2.45) is 5.41 Å². The van der Waals surface area contributed by atoms with Crippen LogP contribution in [0.4, 0.5) is 5.69 Å². The summed E-state index contributed by atoms with van der Waals surface area (Å²) < 4.78 is 0. The largest absolute Gasteiger partial charge is 0.364 e. The SMILES string of the molecule is Cc1cc(C)c(N2C3CCC(C)(C3)[C@@H]2C)c(C)n1. The smallest absolute Gasteiger partial charge is 0.0617 e. The molecule has 1 saturated heterocycles. The van der Waals surface area contributed by atoms with Crippen LogP contribution in [0.2, 0.25) is 0 Å². The van der Waals surface area contributed by atoms with Crippen molar-refractivity contribution in [3.63, 3.8) is 0 Å². The van der Waals surface area contributed by atoms with Gasteiger partial charge in [-0.3, -0.25) is 4.98 Å². The molecule has 0 spiro atoms. The Bertz CT molecular complexity index is 471. The van der Waals surface area contributed by atoms with Crippen LogP contribution >= 0.6 is 0 Å². The topological polar surface area (TPSA) is 16.1 Å². The molecule has 2 nitrogen and oxygen atoms in total. The molecule has 2 aliphatic rings. The molecule has 3 atom stereocenters. The molecule has 2 bridgehead atoms. The monoisotopic (exact) mass is 244 g/mol. The first kappa shape index (κ1) is 12.0. The van der Waals surface area contributed by atoms with Gasteiger partial charge in [-0.15, -0.1) is 0 Å². The zero-order chi connectivity index (χ0) is 13.1. The summed E-state index contributed by atoms with van der Waals surface area (Å²) >= 11 is 0. The number of aryl methyl sites for hydroxylation is 3. The van der Waals surface area contributed by atoms with Crippen LogP contribution in [-0.4, -0.2) is 17.1 Å². The minimum atomic E-state index is 0.522. The van der Waals surface area contributed by atoms with Crippen LogP contribution in [0, 0.1) is 26.2 Å². The van der Waals surface area contributed by atoms with E-state index in [9.17, 15) is 0 Å². The molecule has 98 valence electrons. The van der Waals surface area contributed by atoms with E-state index in [2.05, 4.69) is 50.6 Å². The van der Waals surface area contributed by atoms with Crippen LogP contribution in [0.15, 0.2) is 6.07 Å². The highest BCUT2D eigenvalue weighted by Crippen LogP contribution is 2.53. The second-order valence-corrected chi connectivity index (χ2v) is 6.65. The van der Waals surface area contributed by atoms with Gasteiger partial charge in [0.15, 0.2) is 0 Å². The van der Waals surface area contributed by atoms with Gasteiger partial charge >= 0.3 is 0 Å². The minimum Gasteiger partial charge on any atom is -0.364 e. The summed E-state index contributed by atoms with van der Waals surface area (Å²) in [5, 5.41) is 0. The first-order chi connectivity index (χ1) is 8.42. The van der Waals surface area contributed by atoms with E-state index in [0.717, 1.165) is 11.7 Å². The minimum absolute atomic E-state index is 0.522. The molecular formula is C16H24N2. The van der Waals surface area contributed by atoms with Crippen molar-refractivity contribution in [1.29, 1.82) is 0 Å². The molecule has 2 heteroatoms. The number of pyridine rings is 1. The summed E-state index contributed by atoms with van der Waals surface area (Å²) in [5.41, 5.74) is 5.66. The molecule has 1 aliphatic heterocycles. The van der Waals surface area contributed by atoms with Gasteiger partial charge in [-0.2, -0.15) is 0 Å². The Kier molecular flexibility index (Phi) is 2.48. The zero-order valence-electron chi connectivity index (χ0n) is 12.2. The third-order valence-corrected chi connectivity index (χ3v) is 5.31. The summed E-state index contributed by atoms with van der Waals surface area (Å²) in [6.07, 6.45) is 4.11. The van der Waals surface area contributed by atoms with E-state index in [1.807, 2.05) is 0 Å². The van der Waals surface area contributed by atoms with Gasteiger partial charge in [0.2, 0.25) is 0 Å². The molecule has 0 aromatic carbocycles. The van der Waals surface area contributed by atoms with Gasteiger partial charge in [-0.1, -0.05) is 6.92 Å². The highest BCUT2D eigenvalue weighted by Gasteiger charge is 2.52. The third kappa shape index (κ3) is 1.51. The first-order valence-electron chi connectivity index (χ1n) is 7.15. The Morgan fingerprint density at radius 2 is 2.06 bits per heavy atom. The lowest BCUT2D eigenvalue weighted by Crippen LogP contribution is -2.43. The van der Waals surface area contributed by atoms with Crippen LogP contribution in [0.25, 0.3) is 0 Å². The average molecular weight is 244 g/mol. The van der Waals surface area contributed by atoms with E-state index >= 15 is 0 Å². The molecule has 1 aliphatic carbocycles. The third-order valence-electron chi connectivity index (χ3n) is 5.31. The lowest BCUT2D eigenvalue weighted by molar-refractivity contribution is 0.295. The van der Waals surface area contributed by atoms with Crippen LogP contribution in [0.3, 0.4) is 0 Å². The standard InChI is InChI=1S/C16H24N2/c1-10-8-11(2)17-12(3)15(10)18-13(4)16(5)7-6-14(18)9-16/h8,13-14H,6-7,9H2,1-5H3/t13-,14?,16?/m0/s1. The van der Waals surface area contributed by atoms with Crippen molar-refractivity contribution >= 4 is 5.69 Å². The van der Waals surface area contributed by atoms with E-state index in [1.54, 1.807) is 0 Å². The highest BCUT2D eigenvalue weighted by atomic mass is 15.2. The van der Waals surface area contributed by atoms with Crippen molar-refractivity contribution in [1.82, 2.24) is 4.98 Å². The van der Waals surface area contributed by atoms with E-state index < -0.39 is 0 Å². The summed E-state index contributed by atoms with van der Waals surface area (Å²) in [6, 6.07) is 3.62. The van der Waals surface area contributed by atoms with Gasteiger partial charge in [0.25, 0.3) is 0 Å². The number of rotatable bonds is 1. The summed E-state index contributed by atoms with van der Waals surface area (Å²) in [5.74, 6) is 0. The molecule has 0 radical (unpaired) electrons. The average Bonchev–Trinajstić information content (AvgIpc) is 2.74. The van der Waals surface area contributed by atoms with Gasteiger partial charge in [-0.05, 0) is 64.0 Å². The molecule has 1 saturated carbocycles. The predicted molar refractivity (Wildman–Crippen MR) is 76.1 cm³/mol. The van der Waals surface area contributed by atoms with Gasteiger partial charge in [0.1, 0.15) is 0 Å². The number of nitrogens with zero attached hydrogens (tertiary/aromatic N) is 2. The second-order valence-electron chi connectivity index (χ2n) is 6.65. The van der Waals surface area contributed by atoms with Crippen molar-refractivity contribution in [2.45, 2.75) is 66.0 Å². The Hall–Kier alpha value is -1.05. The zero-order valence-corrected chi connectivity index (χ0v) is 12.2. The Morgan fingerprint density at radius 1 is 1.33 bits per heavy atom. The van der Waals surface area contributed by atoms with Crippen LogP contribution in [0.1, 0.15) is 50.1 Å². The van der Waals surface area contributed by atoms with E-state index in [4.69, 9.17) is 0 Å². The lowest BCUT2D eigenvalue weighted by Gasteiger charge is -2.40. The van der Waals surface area contributed by atoms with Gasteiger partial charge in [0, 0.05) is 17.8 Å². The quantitative estimate of drug-likeness (QED) is 0.747. The predicted octanol–water partition coefficient (Wildman–Crippen LogP) is 3.77. The highest BCUT2D eigenvalue weighted by molar-refractivity contribution is 5.60. The number of hydrogen-bond donors (Lipinski definition) is 0. The van der Waals surface area contributed by atoms with E-state index in [0.29, 0.717) is 11.5 Å². The van der Waals surface area contributed by atoms with E-state index in [1.165, 1.54) is 36.2 Å². The van der Waals surface area contributed by atoms with Crippen LogP contribution in [0.5, 0.6) is 0 Å². The molecule has 3 rings (SSSR count). The summed E-state index contributed by atoms with van der Waals surface area (Å²) in [7, 11) is 0. The fourth-order valence-electron chi connectivity index (χ4n) is 4.29. The lowest BCUT2D eigenvalue weighted by atomic mass is 9.82. The maximum Gasteiger partial charge on any atom is 0.0617 e. The molecule has 1 aromatic rings. The number of anilines is 1. The molecule has 2 fully saturated rings. The van der Waals surface area contributed by atoms with Crippen molar-refractivity contribution in [3.05, 3.63) is 23.0 Å². The normalized spacial score (nSPS) is 34.4. The van der Waals surface area contributed by atoms with Gasteiger partial charge in [0.05, 0.1) is 11.4 Å². The van der Waals surface area contributed by atoms with Crippen LogP contribution < -0.4 is 4.90 Å². The molecular weight excluding hydrogens is 220 g/mol. The Balaban J connectivity index is 2.07. The number of aromatic nitrogens is 1. The molecule has 2 heterocycles. The maximum absolute atomic E-state index is 4.68. The van der Waals surface area contributed by atoms with Gasteiger partial charge in [-0.25, -0.2) is 0 Å². The van der Waals surface area contributed by atoms with Crippen LogP contribution in [-0.2, 0) is 0 Å². The fourth-order valence-corrected chi connectivity index (χ4v) is 4.29.